The first-order valence-electron chi connectivity index (χ1n) is 9.99. The molecule has 2 N–H and O–H groups in total. The van der Waals surface area contributed by atoms with Crippen molar-refractivity contribution < 1.29 is 22.0 Å². The number of carbonyl (C=O) groups excluding carboxylic acids is 1. The summed E-state index contributed by atoms with van der Waals surface area (Å²) in [6, 6.07) is 3.53. The molecule has 4 aromatic rings. The highest BCUT2D eigenvalue weighted by atomic mass is 32.2. The fraction of sp³-hybridized carbons (Fsp3) is 0.182. The molecule has 3 heterocycles. The molecule has 0 fully saturated rings. The van der Waals surface area contributed by atoms with Crippen molar-refractivity contribution in [3.8, 4) is 11.1 Å². The number of nitrogens with one attached hydrogen (secondary N) is 2. The van der Waals surface area contributed by atoms with E-state index in [4.69, 9.17) is 0 Å². The van der Waals surface area contributed by atoms with Crippen LogP contribution in [0.3, 0.4) is 0 Å². The van der Waals surface area contributed by atoms with E-state index < -0.39 is 38.7 Å². The first-order valence-corrected chi connectivity index (χ1v) is 11.6. The average Bonchev–Trinajstić information content (AvgIpc) is 3.20. The number of aryl methyl sites for hydroxylation is 1. The Balaban J connectivity index is 1.79. The predicted molar refractivity (Wildman–Crippen MR) is 119 cm³/mol. The topological polar surface area (TPSA) is 118 Å². The molecule has 0 aliphatic heterocycles. The van der Waals surface area contributed by atoms with Crippen molar-refractivity contribution in [2.75, 3.05) is 10.5 Å². The maximum absolute atomic E-state index is 15.1. The number of hydrogen-bond acceptors (Lipinski definition) is 6. The van der Waals surface area contributed by atoms with E-state index >= 15 is 4.39 Å². The van der Waals surface area contributed by atoms with Gasteiger partial charge in [-0.3, -0.25) is 9.52 Å². The van der Waals surface area contributed by atoms with Crippen molar-refractivity contribution in [3.05, 3.63) is 71.6 Å². The number of ketones is 1. The Hall–Kier alpha value is -3.73. The second-order valence-electron chi connectivity index (χ2n) is 7.38. The van der Waals surface area contributed by atoms with Gasteiger partial charge in [0, 0.05) is 46.4 Å². The van der Waals surface area contributed by atoms with E-state index in [0.29, 0.717) is 27.9 Å². The molecule has 3 aromatic heterocycles. The number of aromatic nitrogens is 4. The summed E-state index contributed by atoms with van der Waals surface area (Å²) >= 11 is 0. The lowest BCUT2D eigenvalue weighted by Crippen LogP contribution is -2.19. The van der Waals surface area contributed by atoms with E-state index in [1.165, 1.54) is 12.5 Å². The van der Waals surface area contributed by atoms with Crippen LogP contribution < -0.4 is 4.72 Å². The Bertz CT molecular complexity index is 1480. The number of aromatic amines is 1. The third-order valence-corrected chi connectivity index (χ3v) is 6.53. The van der Waals surface area contributed by atoms with Crippen LogP contribution in [0.5, 0.6) is 0 Å². The third kappa shape index (κ3) is 4.31. The Labute approximate surface area is 188 Å². The van der Waals surface area contributed by atoms with Gasteiger partial charge in [0.15, 0.2) is 11.6 Å². The molecule has 1 aromatic carbocycles. The molecule has 4 rings (SSSR count). The zero-order chi connectivity index (χ0) is 23.8. The first kappa shape index (κ1) is 22.5. The molecule has 33 heavy (non-hydrogen) atoms. The Kier molecular flexibility index (Phi) is 5.90. The number of pyridine rings is 1. The molecule has 170 valence electrons. The van der Waals surface area contributed by atoms with Crippen LogP contribution in [0.2, 0.25) is 0 Å². The summed E-state index contributed by atoms with van der Waals surface area (Å²) in [6.45, 7) is 3.42. The average molecular weight is 471 g/mol. The highest BCUT2D eigenvalue weighted by molar-refractivity contribution is 7.92. The van der Waals surface area contributed by atoms with Gasteiger partial charge in [-0.1, -0.05) is 6.92 Å². The third-order valence-electron chi connectivity index (χ3n) is 5.06. The van der Waals surface area contributed by atoms with Crippen LogP contribution in [0.1, 0.15) is 35.0 Å². The second kappa shape index (κ2) is 8.66. The summed E-state index contributed by atoms with van der Waals surface area (Å²) in [5.74, 6) is -3.48. The number of anilines is 1. The van der Waals surface area contributed by atoms with Crippen LogP contribution in [0.25, 0.3) is 22.2 Å². The fourth-order valence-corrected chi connectivity index (χ4v) is 4.59. The van der Waals surface area contributed by atoms with E-state index in [0.717, 1.165) is 12.1 Å². The monoisotopic (exact) mass is 471 g/mol. The number of hydrogen-bond donors (Lipinski definition) is 2. The number of H-pyrrole nitrogens is 1. The van der Waals surface area contributed by atoms with E-state index in [2.05, 4.69) is 19.9 Å². The van der Waals surface area contributed by atoms with Gasteiger partial charge in [-0.05, 0) is 31.5 Å². The molecule has 0 bridgehead atoms. The van der Waals surface area contributed by atoms with Gasteiger partial charge in [-0.2, -0.15) is 0 Å². The lowest BCUT2D eigenvalue weighted by atomic mass is 10.00. The van der Waals surface area contributed by atoms with E-state index in [-0.39, 0.29) is 17.7 Å². The smallest absolute Gasteiger partial charge is 0.232 e. The van der Waals surface area contributed by atoms with Crippen LogP contribution in [0.15, 0.2) is 43.1 Å². The molecule has 0 unspecified atom stereocenters. The lowest BCUT2D eigenvalue weighted by molar-refractivity contribution is 0.103. The number of halogens is 2. The zero-order valence-electron chi connectivity index (χ0n) is 17.7. The van der Waals surface area contributed by atoms with Crippen molar-refractivity contribution in [1.82, 2.24) is 19.9 Å². The summed E-state index contributed by atoms with van der Waals surface area (Å²) in [7, 11) is -3.97. The predicted octanol–water partition coefficient (Wildman–Crippen LogP) is 3.99. The van der Waals surface area contributed by atoms with Gasteiger partial charge < -0.3 is 4.98 Å². The summed E-state index contributed by atoms with van der Waals surface area (Å²) in [5, 5.41) is 0.414. The maximum Gasteiger partial charge on any atom is 0.232 e. The molecule has 11 heteroatoms. The van der Waals surface area contributed by atoms with Crippen LogP contribution in [-0.2, 0) is 10.0 Å². The Morgan fingerprint density at radius 2 is 1.94 bits per heavy atom. The van der Waals surface area contributed by atoms with E-state index in [1.807, 2.05) is 4.72 Å². The molecule has 0 atom stereocenters. The molecular formula is C22H19F2N5O3S. The minimum absolute atomic E-state index is 0.0988. The summed E-state index contributed by atoms with van der Waals surface area (Å²) in [6.07, 6.45) is 6.26. The summed E-state index contributed by atoms with van der Waals surface area (Å²) < 4.78 is 55.3. The van der Waals surface area contributed by atoms with Crippen molar-refractivity contribution in [1.29, 1.82) is 0 Å². The number of rotatable bonds is 7. The number of sulfonamides is 1. The minimum Gasteiger partial charge on any atom is -0.345 e. The maximum atomic E-state index is 15.1. The quantitative estimate of drug-likeness (QED) is 0.394. The lowest BCUT2D eigenvalue weighted by Gasteiger charge is -2.11. The zero-order valence-corrected chi connectivity index (χ0v) is 18.5. The van der Waals surface area contributed by atoms with Crippen LogP contribution >= 0.6 is 0 Å². The van der Waals surface area contributed by atoms with Crippen molar-refractivity contribution >= 4 is 32.5 Å². The molecule has 8 nitrogen and oxygen atoms in total. The van der Waals surface area contributed by atoms with Gasteiger partial charge in [-0.15, -0.1) is 0 Å². The van der Waals surface area contributed by atoms with Gasteiger partial charge in [-0.25, -0.2) is 32.2 Å². The molecule has 0 saturated carbocycles. The molecule has 0 radical (unpaired) electrons. The number of fused-ring (bicyclic) bond motifs is 1. The van der Waals surface area contributed by atoms with Crippen LogP contribution in [0.4, 0.5) is 14.5 Å². The minimum atomic E-state index is -3.97. The highest BCUT2D eigenvalue weighted by Crippen LogP contribution is 2.30. The second-order valence-corrected chi connectivity index (χ2v) is 9.22. The first-order chi connectivity index (χ1) is 15.7. The molecule has 0 amide bonds. The molecule has 0 aliphatic rings. The summed E-state index contributed by atoms with van der Waals surface area (Å²) in [4.78, 5) is 28.5. The summed E-state index contributed by atoms with van der Waals surface area (Å²) in [5.41, 5.74) is 1.21. The Morgan fingerprint density at radius 1 is 1.15 bits per heavy atom. The molecule has 0 spiro atoms. The van der Waals surface area contributed by atoms with E-state index in [9.17, 15) is 17.6 Å². The van der Waals surface area contributed by atoms with E-state index in [1.54, 1.807) is 32.3 Å². The molecule has 0 saturated heterocycles. The number of carbonyl (C=O) groups is 1. The molecule has 0 aliphatic carbocycles. The van der Waals surface area contributed by atoms with Gasteiger partial charge >= 0.3 is 0 Å². The van der Waals surface area contributed by atoms with Gasteiger partial charge in [0.1, 0.15) is 23.5 Å². The van der Waals surface area contributed by atoms with Crippen molar-refractivity contribution in [2.45, 2.75) is 20.3 Å². The van der Waals surface area contributed by atoms with Gasteiger partial charge in [0.25, 0.3) is 0 Å². The number of nitrogens with zero attached hydrogens (tertiary/aromatic N) is 3. The van der Waals surface area contributed by atoms with Gasteiger partial charge in [0.2, 0.25) is 10.0 Å². The number of benzene rings is 1. The van der Waals surface area contributed by atoms with Gasteiger partial charge in [0.05, 0.1) is 11.3 Å². The molecular weight excluding hydrogens is 452 g/mol. The Morgan fingerprint density at radius 3 is 2.67 bits per heavy atom. The normalized spacial score (nSPS) is 11.6. The fourth-order valence-electron chi connectivity index (χ4n) is 3.45. The van der Waals surface area contributed by atoms with Crippen molar-refractivity contribution in [3.63, 3.8) is 0 Å². The standard InChI is InChI=1S/C22H19F2N5O3S/c1-3-6-33(31,32)29-20-18(23)5-4-14(19(20)24)21(30)17-10-27-22-15(17)7-13(8-26-22)16-9-25-11-28-12(16)2/h4-5,7-11,29H,3,6H2,1-2H3,(H,26,27). The van der Waals surface area contributed by atoms with Crippen LogP contribution in [0, 0.1) is 18.6 Å². The van der Waals surface area contributed by atoms with Crippen molar-refractivity contribution in [2.24, 2.45) is 0 Å². The van der Waals surface area contributed by atoms with Crippen LogP contribution in [-0.4, -0.2) is 39.9 Å². The SMILES string of the molecule is CCCS(=O)(=O)Nc1c(F)ccc(C(=O)c2c[nH]c3ncc(-c4cncnc4C)cc23)c1F. The largest absolute Gasteiger partial charge is 0.345 e. The highest BCUT2D eigenvalue weighted by Gasteiger charge is 2.25.